The van der Waals surface area contributed by atoms with Crippen LogP contribution >= 0.6 is 59.1 Å². The SMILES string of the molecule is O=C(CN=Cc1cc(Br)cc(Br)c1O)c1ccc(Br)s1. The monoisotopic (exact) mass is 479 g/mol. The second kappa shape index (κ2) is 6.98. The Balaban J connectivity index is 2.09. The van der Waals surface area contributed by atoms with Gasteiger partial charge in [-0.05, 0) is 56.1 Å². The molecule has 20 heavy (non-hydrogen) atoms. The number of rotatable bonds is 4. The van der Waals surface area contributed by atoms with Gasteiger partial charge in [-0.15, -0.1) is 11.3 Å². The number of Topliss-reactive ketones (excluding diaryl/α,β-unsaturated/α-hetero) is 1. The molecule has 0 saturated heterocycles. The fraction of sp³-hybridized carbons (Fsp3) is 0.0769. The Hall–Kier alpha value is -0.500. The van der Waals surface area contributed by atoms with Gasteiger partial charge in [-0.2, -0.15) is 0 Å². The van der Waals surface area contributed by atoms with Crippen molar-refractivity contribution in [3.05, 3.63) is 47.4 Å². The van der Waals surface area contributed by atoms with Crippen LogP contribution in [0.1, 0.15) is 15.2 Å². The fourth-order valence-electron chi connectivity index (χ4n) is 1.45. The van der Waals surface area contributed by atoms with E-state index in [4.69, 9.17) is 0 Å². The number of carbonyl (C=O) groups excluding carboxylic acids is 1. The van der Waals surface area contributed by atoms with E-state index in [1.807, 2.05) is 6.07 Å². The zero-order valence-electron chi connectivity index (χ0n) is 9.94. The Morgan fingerprint density at radius 3 is 2.70 bits per heavy atom. The van der Waals surface area contributed by atoms with Crippen LogP contribution in [-0.4, -0.2) is 23.6 Å². The first kappa shape index (κ1) is 15.9. The molecule has 1 N–H and O–H groups in total. The molecular formula is C13H8Br3NO2S. The molecule has 0 bridgehead atoms. The molecule has 104 valence electrons. The van der Waals surface area contributed by atoms with Crippen molar-refractivity contribution in [2.24, 2.45) is 4.99 Å². The van der Waals surface area contributed by atoms with Gasteiger partial charge < -0.3 is 5.11 Å². The van der Waals surface area contributed by atoms with Gasteiger partial charge in [-0.25, -0.2) is 0 Å². The van der Waals surface area contributed by atoms with Gasteiger partial charge in [0.05, 0.1) is 13.1 Å². The lowest BCUT2D eigenvalue weighted by Crippen LogP contribution is -2.01. The third kappa shape index (κ3) is 4.00. The van der Waals surface area contributed by atoms with Crippen LogP contribution in [0.15, 0.2) is 42.0 Å². The molecule has 3 nitrogen and oxygen atoms in total. The lowest BCUT2D eigenvalue weighted by atomic mass is 10.2. The predicted molar refractivity (Wildman–Crippen MR) is 92.3 cm³/mol. The fourth-order valence-corrected chi connectivity index (χ4v) is 4.03. The van der Waals surface area contributed by atoms with Crippen LogP contribution in [0.3, 0.4) is 0 Å². The summed E-state index contributed by atoms with van der Waals surface area (Å²) >= 11 is 11.3. The van der Waals surface area contributed by atoms with Crippen molar-refractivity contribution in [2.75, 3.05) is 6.54 Å². The van der Waals surface area contributed by atoms with E-state index in [9.17, 15) is 9.90 Å². The van der Waals surface area contributed by atoms with Crippen molar-refractivity contribution in [2.45, 2.75) is 0 Å². The van der Waals surface area contributed by atoms with Gasteiger partial charge in [0.1, 0.15) is 12.3 Å². The molecule has 0 fully saturated rings. The van der Waals surface area contributed by atoms with Crippen LogP contribution in [0.4, 0.5) is 0 Å². The molecule has 7 heteroatoms. The first-order valence-corrected chi connectivity index (χ1v) is 8.63. The number of hydrogen-bond acceptors (Lipinski definition) is 4. The molecule has 2 rings (SSSR count). The maximum Gasteiger partial charge on any atom is 0.194 e. The van der Waals surface area contributed by atoms with E-state index >= 15 is 0 Å². The summed E-state index contributed by atoms with van der Waals surface area (Å²) in [6.45, 7) is 0.0521. The molecule has 1 aromatic heterocycles. The van der Waals surface area contributed by atoms with Gasteiger partial charge in [0, 0.05) is 16.3 Å². The van der Waals surface area contributed by atoms with E-state index in [0.29, 0.717) is 14.9 Å². The van der Waals surface area contributed by atoms with Gasteiger partial charge >= 0.3 is 0 Å². The quantitative estimate of drug-likeness (QED) is 0.491. The molecule has 0 radical (unpaired) electrons. The van der Waals surface area contributed by atoms with Crippen molar-refractivity contribution in [1.82, 2.24) is 0 Å². The number of aliphatic imine (C=N–C) groups is 1. The predicted octanol–water partition coefficient (Wildman–Crippen LogP) is 5.04. The topological polar surface area (TPSA) is 49.7 Å². The lowest BCUT2D eigenvalue weighted by Gasteiger charge is -2.02. The number of hydrogen-bond donors (Lipinski definition) is 1. The number of carbonyl (C=O) groups is 1. The highest BCUT2D eigenvalue weighted by Crippen LogP contribution is 2.30. The van der Waals surface area contributed by atoms with Crippen LogP contribution in [-0.2, 0) is 0 Å². The van der Waals surface area contributed by atoms with Gasteiger partial charge in [0.15, 0.2) is 5.78 Å². The Kier molecular flexibility index (Phi) is 5.54. The van der Waals surface area contributed by atoms with Crippen molar-refractivity contribution < 1.29 is 9.90 Å². The average Bonchev–Trinajstić information content (AvgIpc) is 2.81. The molecule has 0 aliphatic carbocycles. The number of ketones is 1. The number of halogens is 3. The Labute approximate surface area is 145 Å². The lowest BCUT2D eigenvalue weighted by molar-refractivity contribution is 0.101. The van der Waals surface area contributed by atoms with Crippen molar-refractivity contribution in [3.8, 4) is 5.75 Å². The van der Waals surface area contributed by atoms with E-state index < -0.39 is 0 Å². The average molecular weight is 482 g/mol. The third-order valence-corrected chi connectivity index (χ3v) is 5.10. The minimum atomic E-state index is -0.0505. The summed E-state index contributed by atoms with van der Waals surface area (Å²) in [5.41, 5.74) is 0.548. The van der Waals surface area contributed by atoms with Crippen LogP contribution < -0.4 is 0 Å². The van der Waals surface area contributed by atoms with Gasteiger partial charge in [-0.1, -0.05) is 15.9 Å². The molecular weight excluding hydrogens is 474 g/mol. The summed E-state index contributed by atoms with van der Waals surface area (Å²) in [6, 6.07) is 7.06. The molecule has 2 aromatic rings. The minimum absolute atomic E-state index is 0.0505. The number of phenols is 1. The molecule has 0 amide bonds. The smallest absolute Gasteiger partial charge is 0.194 e. The number of benzene rings is 1. The molecule has 0 saturated carbocycles. The summed E-state index contributed by atoms with van der Waals surface area (Å²) in [6.07, 6.45) is 1.49. The Morgan fingerprint density at radius 1 is 1.30 bits per heavy atom. The number of phenolic OH excluding ortho intramolecular Hbond substituents is 1. The van der Waals surface area contributed by atoms with Crippen LogP contribution in [0, 0.1) is 0 Å². The van der Waals surface area contributed by atoms with E-state index in [2.05, 4.69) is 52.8 Å². The summed E-state index contributed by atoms with van der Waals surface area (Å²) in [4.78, 5) is 16.6. The zero-order valence-corrected chi connectivity index (χ0v) is 15.5. The molecule has 0 spiro atoms. The minimum Gasteiger partial charge on any atom is -0.506 e. The summed E-state index contributed by atoms with van der Waals surface area (Å²) in [7, 11) is 0. The van der Waals surface area contributed by atoms with Crippen molar-refractivity contribution in [3.63, 3.8) is 0 Å². The molecule has 0 aliphatic rings. The van der Waals surface area contributed by atoms with E-state index in [1.165, 1.54) is 17.6 Å². The highest BCUT2D eigenvalue weighted by Gasteiger charge is 2.08. The van der Waals surface area contributed by atoms with Crippen LogP contribution in [0.5, 0.6) is 5.75 Å². The van der Waals surface area contributed by atoms with E-state index in [1.54, 1.807) is 18.2 Å². The van der Waals surface area contributed by atoms with Crippen molar-refractivity contribution >= 4 is 71.1 Å². The normalized spacial score (nSPS) is 11.2. The number of thiophene rings is 1. The van der Waals surface area contributed by atoms with E-state index in [-0.39, 0.29) is 18.1 Å². The van der Waals surface area contributed by atoms with E-state index in [0.717, 1.165) is 8.26 Å². The largest absolute Gasteiger partial charge is 0.506 e. The molecule has 0 aliphatic heterocycles. The number of nitrogens with zero attached hydrogens (tertiary/aromatic N) is 1. The standard InChI is InChI=1S/C13H8Br3NO2S/c14-8-3-7(13(19)9(15)4-8)5-17-6-10(18)11-1-2-12(16)20-11/h1-5,19H,6H2. The van der Waals surface area contributed by atoms with Crippen molar-refractivity contribution in [1.29, 1.82) is 0 Å². The van der Waals surface area contributed by atoms with Gasteiger partial charge in [-0.3, -0.25) is 9.79 Å². The highest BCUT2D eigenvalue weighted by molar-refractivity contribution is 9.11. The first-order valence-electron chi connectivity index (χ1n) is 5.43. The second-order valence-electron chi connectivity index (χ2n) is 3.82. The Bertz CT molecular complexity index is 682. The maximum absolute atomic E-state index is 11.9. The summed E-state index contributed by atoms with van der Waals surface area (Å²) in [5.74, 6) is 0.0498. The first-order chi connectivity index (χ1) is 9.47. The van der Waals surface area contributed by atoms with Crippen LogP contribution in [0.2, 0.25) is 0 Å². The molecule has 1 heterocycles. The summed E-state index contributed by atoms with van der Waals surface area (Å²) in [5, 5.41) is 9.86. The van der Waals surface area contributed by atoms with Gasteiger partial charge in [0.2, 0.25) is 0 Å². The third-order valence-electron chi connectivity index (χ3n) is 2.37. The Morgan fingerprint density at radius 2 is 2.05 bits per heavy atom. The summed E-state index contributed by atoms with van der Waals surface area (Å²) < 4.78 is 2.30. The molecule has 0 atom stereocenters. The molecule has 1 aromatic carbocycles. The second-order valence-corrected chi connectivity index (χ2v) is 8.06. The van der Waals surface area contributed by atoms with Crippen LogP contribution in [0.25, 0.3) is 0 Å². The maximum atomic E-state index is 11.9. The number of aromatic hydroxyl groups is 1. The molecule has 0 unspecified atom stereocenters. The van der Waals surface area contributed by atoms with Gasteiger partial charge in [0.25, 0.3) is 0 Å². The zero-order chi connectivity index (χ0) is 14.7. The highest BCUT2D eigenvalue weighted by atomic mass is 79.9.